The molecule has 1 fully saturated rings. The number of carbonyl (C=O) groups excluding carboxylic acids is 1. The van der Waals surface area contributed by atoms with Gasteiger partial charge in [-0.25, -0.2) is 9.78 Å². The summed E-state index contributed by atoms with van der Waals surface area (Å²) in [5.74, 6) is 0.0891. The molecule has 0 radical (unpaired) electrons. The molecule has 7 heteroatoms. The third-order valence-electron chi connectivity index (χ3n) is 4.33. The van der Waals surface area contributed by atoms with E-state index in [1.165, 1.54) is 4.57 Å². The van der Waals surface area contributed by atoms with Gasteiger partial charge >= 0.3 is 5.69 Å². The van der Waals surface area contributed by atoms with Gasteiger partial charge in [0.25, 0.3) is 11.5 Å². The first-order valence-corrected chi connectivity index (χ1v) is 7.91. The molecule has 23 heavy (non-hydrogen) atoms. The summed E-state index contributed by atoms with van der Waals surface area (Å²) in [6.07, 6.45) is 2.05. The number of nitrogens with zero attached hydrogens (tertiary/aromatic N) is 3. The maximum atomic E-state index is 12.7. The molecule has 0 saturated heterocycles. The minimum absolute atomic E-state index is 0.196. The van der Waals surface area contributed by atoms with Gasteiger partial charge in [0.15, 0.2) is 5.65 Å². The summed E-state index contributed by atoms with van der Waals surface area (Å²) in [6.45, 7) is 4.59. The topological polar surface area (TPSA) is 88.1 Å². The average molecular weight is 316 g/mol. The van der Waals surface area contributed by atoms with E-state index in [9.17, 15) is 14.4 Å². The van der Waals surface area contributed by atoms with Gasteiger partial charge in [0.2, 0.25) is 0 Å². The molecule has 0 aliphatic heterocycles. The lowest BCUT2D eigenvalue weighted by Crippen LogP contribution is -2.33. The van der Waals surface area contributed by atoms with Gasteiger partial charge in [-0.05, 0) is 32.8 Å². The Bertz CT molecular complexity index is 893. The molecule has 2 aromatic heterocycles. The van der Waals surface area contributed by atoms with Crippen LogP contribution in [-0.2, 0) is 6.54 Å². The van der Waals surface area contributed by atoms with Crippen LogP contribution in [-0.4, -0.2) is 38.9 Å². The largest absolute Gasteiger partial charge is 0.342 e. The highest BCUT2D eigenvalue weighted by Crippen LogP contribution is 2.40. The third-order valence-corrected chi connectivity index (χ3v) is 4.33. The van der Waals surface area contributed by atoms with Crippen LogP contribution in [0.25, 0.3) is 11.0 Å². The molecular weight excluding hydrogens is 296 g/mol. The SMILES string of the molecule is CCN(C)C(=O)c1cc(C2CC2)nc2c1c(=O)[nH]c(=O)n2CC. The molecule has 7 nitrogen and oxygen atoms in total. The van der Waals surface area contributed by atoms with E-state index in [2.05, 4.69) is 9.97 Å². The maximum absolute atomic E-state index is 12.7. The Morgan fingerprint density at radius 1 is 1.39 bits per heavy atom. The highest BCUT2D eigenvalue weighted by atomic mass is 16.2. The summed E-state index contributed by atoms with van der Waals surface area (Å²) in [6, 6.07) is 1.72. The predicted molar refractivity (Wildman–Crippen MR) is 86.9 cm³/mol. The zero-order chi connectivity index (χ0) is 16.7. The Morgan fingerprint density at radius 3 is 2.65 bits per heavy atom. The van der Waals surface area contributed by atoms with Crippen LogP contribution in [0.4, 0.5) is 0 Å². The first-order chi connectivity index (χ1) is 11.0. The molecule has 0 unspecified atom stereocenters. The van der Waals surface area contributed by atoms with Gasteiger partial charge in [-0.3, -0.25) is 19.1 Å². The number of amides is 1. The molecule has 1 saturated carbocycles. The number of aryl methyl sites for hydroxylation is 1. The number of hydrogen-bond acceptors (Lipinski definition) is 4. The Hall–Kier alpha value is -2.44. The van der Waals surface area contributed by atoms with Crippen LogP contribution in [0.15, 0.2) is 15.7 Å². The molecule has 0 spiro atoms. The molecule has 1 aliphatic rings. The Labute approximate surface area is 133 Å². The fourth-order valence-electron chi connectivity index (χ4n) is 2.69. The van der Waals surface area contributed by atoms with Crippen LogP contribution in [0.2, 0.25) is 0 Å². The second kappa shape index (κ2) is 5.64. The highest BCUT2D eigenvalue weighted by Gasteiger charge is 2.29. The molecule has 0 atom stereocenters. The second-order valence-electron chi connectivity index (χ2n) is 5.89. The summed E-state index contributed by atoms with van der Waals surface area (Å²) in [4.78, 5) is 45.4. The summed E-state index contributed by atoms with van der Waals surface area (Å²) in [5.41, 5.74) is 0.367. The zero-order valence-electron chi connectivity index (χ0n) is 13.5. The van der Waals surface area contributed by atoms with Gasteiger partial charge < -0.3 is 4.90 Å². The van der Waals surface area contributed by atoms with E-state index in [4.69, 9.17) is 0 Å². The van der Waals surface area contributed by atoms with E-state index in [0.717, 1.165) is 18.5 Å². The van der Waals surface area contributed by atoms with Crippen molar-refractivity contribution in [2.24, 2.45) is 0 Å². The quantitative estimate of drug-likeness (QED) is 0.914. The molecule has 122 valence electrons. The van der Waals surface area contributed by atoms with Gasteiger partial charge in [0.05, 0.1) is 10.9 Å². The van der Waals surface area contributed by atoms with Crippen LogP contribution in [0.5, 0.6) is 0 Å². The molecule has 1 amide bonds. The first kappa shape index (κ1) is 15.5. The summed E-state index contributed by atoms with van der Waals surface area (Å²) < 4.78 is 1.41. The Morgan fingerprint density at radius 2 is 2.09 bits per heavy atom. The molecule has 1 aliphatic carbocycles. The first-order valence-electron chi connectivity index (χ1n) is 7.91. The fraction of sp³-hybridized carbons (Fsp3) is 0.500. The van der Waals surface area contributed by atoms with Crippen LogP contribution >= 0.6 is 0 Å². The van der Waals surface area contributed by atoms with Crippen molar-refractivity contribution >= 4 is 16.9 Å². The second-order valence-corrected chi connectivity index (χ2v) is 5.89. The van der Waals surface area contributed by atoms with E-state index in [1.54, 1.807) is 18.0 Å². The summed E-state index contributed by atoms with van der Waals surface area (Å²) in [7, 11) is 1.69. The molecule has 1 N–H and O–H groups in total. The molecule has 0 aromatic carbocycles. The lowest BCUT2D eigenvalue weighted by molar-refractivity contribution is 0.0804. The number of H-pyrrole nitrogens is 1. The normalized spacial score (nSPS) is 14.2. The van der Waals surface area contributed by atoms with Gasteiger partial charge in [-0.2, -0.15) is 0 Å². The van der Waals surface area contributed by atoms with E-state index < -0.39 is 11.2 Å². The number of nitrogens with one attached hydrogen (secondary N) is 1. The average Bonchev–Trinajstić information content (AvgIpc) is 3.37. The van der Waals surface area contributed by atoms with Crippen molar-refractivity contribution in [3.63, 3.8) is 0 Å². The minimum Gasteiger partial charge on any atom is -0.342 e. The number of fused-ring (bicyclic) bond motifs is 1. The molecular formula is C16H20N4O3. The monoisotopic (exact) mass is 316 g/mol. The van der Waals surface area contributed by atoms with Crippen LogP contribution in [0.1, 0.15) is 48.7 Å². The van der Waals surface area contributed by atoms with Crippen molar-refractivity contribution in [3.05, 3.63) is 38.2 Å². The maximum Gasteiger partial charge on any atom is 0.329 e. The number of pyridine rings is 1. The lowest BCUT2D eigenvalue weighted by Gasteiger charge is -2.17. The Kier molecular flexibility index (Phi) is 3.79. The van der Waals surface area contributed by atoms with Crippen molar-refractivity contribution in [2.75, 3.05) is 13.6 Å². The zero-order valence-corrected chi connectivity index (χ0v) is 13.5. The number of hydrogen-bond donors (Lipinski definition) is 1. The van der Waals surface area contributed by atoms with Gasteiger partial charge in [0.1, 0.15) is 0 Å². The number of aromatic amines is 1. The molecule has 2 aromatic rings. The van der Waals surface area contributed by atoms with E-state index in [0.29, 0.717) is 30.2 Å². The third kappa shape index (κ3) is 2.56. The van der Waals surface area contributed by atoms with Crippen LogP contribution in [0, 0.1) is 0 Å². The van der Waals surface area contributed by atoms with Crippen LogP contribution < -0.4 is 11.2 Å². The van der Waals surface area contributed by atoms with Gasteiger partial charge in [-0.1, -0.05) is 0 Å². The van der Waals surface area contributed by atoms with Gasteiger partial charge in [-0.15, -0.1) is 0 Å². The highest BCUT2D eigenvalue weighted by molar-refractivity contribution is 6.05. The Balaban J connectivity index is 2.39. The standard InChI is InChI=1S/C16H20N4O3/c1-4-19(3)15(22)10-8-11(9-6-7-9)17-13-12(10)14(21)18-16(23)20(13)5-2/h8-9H,4-7H2,1-3H3,(H,18,21,23). The lowest BCUT2D eigenvalue weighted by atomic mass is 10.1. The van der Waals surface area contributed by atoms with Crippen molar-refractivity contribution < 1.29 is 4.79 Å². The molecule has 0 bridgehead atoms. The number of aromatic nitrogens is 3. The van der Waals surface area contributed by atoms with E-state index in [-0.39, 0.29) is 11.3 Å². The van der Waals surface area contributed by atoms with Crippen LogP contribution in [0.3, 0.4) is 0 Å². The van der Waals surface area contributed by atoms with Crippen molar-refractivity contribution in [1.29, 1.82) is 0 Å². The molecule has 3 rings (SSSR count). The van der Waals surface area contributed by atoms with Crippen molar-refractivity contribution in [1.82, 2.24) is 19.4 Å². The number of carbonyl (C=O) groups is 1. The summed E-state index contributed by atoms with van der Waals surface area (Å²) in [5, 5.41) is 0.196. The smallest absolute Gasteiger partial charge is 0.329 e. The van der Waals surface area contributed by atoms with Crippen molar-refractivity contribution in [3.8, 4) is 0 Å². The summed E-state index contributed by atoms with van der Waals surface area (Å²) >= 11 is 0. The van der Waals surface area contributed by atoms with Gasteiger partial charge in [0, 0.05) is 31.7 Å². The fourth-order valence-corrected chi connectivity index (χ4v) is 2.69. The van der Waals surface area contributed by atoms with E-state index in [1.807, 2.05) is 13.8 Å². The van der Waals surface area contributed by atoms with Crippen molar-refractivity contribution in [2.45, 2.75) is 39.2 Å². The molecule has 2 heterocycles. The van der Waals surface area contributed by atoms with E-state index >= 15 is 0 Å². The minimum atomic E-state index is -0.558. The number of rotatable bonds is 4. The predicted octanol–water partition coefficient (Wildman–Crippen LogP) is 1.07.